The molecule has 0 bridgehead atoms. The highest BCUT2D eigenvalue weighted by Gasteiger charge is 2.22. The van der Waals surface area contributed by atoms with Crippen LogP contribution in [0.1, 0.15) is 0 Å². The summed E-state index contributed by atoms with van der Waals surface area (Å²) in [4.78, 5) is 0. The van der Waals surface area contributed by atoms with E-state index in [1.54, 1.807) is 0 Å². The fourth-order valence-electron chi connectivity index (χ4n) is 11.3. The van der Waals surface area contributed by atoms with Crippen LogP contribution in [0.15, 0.2) is 223 Å². The first-order valence-corrected chi connectivity index (χ1v) is 22.3. The van der Waals surface area contributed by atoms with Crippen molar-refractivity contribution in [3.05, 3.63) is 218 Å². The van der Waals surface area contributed by atoms with Crippen LogP contribution in [-0.2, 0) is 0 Å². The van der Waals surface area contributed by atoms with Crippen molar-refractivity contribution in [3.63, 3.8) is 0 Å². The third-order valence-electron chi connectivity index (χ3n) is 13.9. The zero-order chi connectivity index (χ0) is 42.3. The maximum Gasteiger partial charge on any atom is 0.137 e. The van der Waals surface area contributed by atoms with E-state index in [1.807, 2.05) is 0 Å². The highest BCUT2D eigenvalue weighted by molar-refractivity contribution is 6.17. The van der Waals surface area contributed by atoms with Crippen LogP contribution in [0.2, 0.25) is 0 Å². The summed E-state index contributed by atoms with van der Waals surface area (Å²) >= 11 is 0. The van der Waals surface area contributed by atoms with E-state index < -0.39 is 0 Å². The van der Waals surface area contributed by atoms with Crippen LogP contribution in [0.25, 0.3) is 132 Å². The molecule has 5 heteroatoms. The van der Waals surface area contributed by atoms with E-state index in [0.717, 1.165) is 55.7 Å². The second-order valence-corrected chi connectivity index (χ2v) is 17.3. The average molecular weight is 829 g/mol. The average Bonchev–Trinajstić information content (AvgIpc) is 4.16. The Morgan fingerprint density at radius 2 is 0.569 bits per heavy atom. The molecule has 0 aliphatic rings. The Labute approximate surface area is 371 Å². The summed E-state index contributed by atoms with van der Waals surface area (Å²) in [6, 6.07) is 79.5. The first-order chi connectivity index (χ1) is 32.3. The highest BCUT2D eigenvalue weighted by atomic mass is 16.3. The van der Waals surface area contributed by atoms with Crippen LogP contribution in [-0.4, -0.2) is 18.3 Å². The van der Waals surface area contributed by atoms with Crippen molar-refractivity contribution in [1.29, 1.82) is 0 Å². The van der Waals surface area contributed by atoms with Crippen molar-refractivity contribution in [2.24, 2.45) is 0 Å². The second-order valence-electron chi connectivity index (χ2n) is 17.3. The first-order valence-electron chi connectivity index (χ1n) is 22.3. The van der Waals surface area contributed by atoms with Crippen LogP contribution in [0, 0.1) is 0 Å². The Morgan fingerprint density at radius 1 is 0.231 bits per heavy atom. The molecule has 5 heterocycles. The molecule has 0 spiro atoms. The van der Waals surface area contributed by atoms with Crippen molar-refractivity contribution >= 4 is 109 Å². The summed E-state index contributed by atoms with van der Waals surface area (Å²) in [5, 5.41) is 12.1. The van der Waals surface area contributed by atoms with Gasteiger partial charge in [-0.2, -0.15) is 0 Å². The molecule has 0 unspecified atom stereocenters. The summed E-state index contributed by atoms with van der Waals surface area (Å²) < 4.78 is 16.3. The Balaban J connectivity index is 0.937. The largest absolute Gasteiger partial charge is 0.456 e. The number of rotatable bonds is 4. The van der Waals surface area contributed by atoms with Crippen LogP contribution in [0.5, 0.6) is 0 Å². The number of para-hydroxylation sites is 6. The molecule has 15 aromatic rings. The van der Waals surface area contributed by atoms with E-state index in [2.05, 4.69) is 237 Å². The Hall–Kier alpha value is -8.80. The minimum Gasteiger partial charge on any atom is -0.456 e. The molecular weight excluding hydrogens is 793 g/mol. The lowest BCUT2D eigenvalue weighted by molar-refractivity contribution is 0.669. The van der Waals surface area contributed by atoms with Gasteiger partial charge in [0.1, 0.15) is 11.2 Å². The fraction of sp³-hybridized carbons (Fsp3) is 0. The van der Waals surface area contributed by atoms with E-state index in [-0.39, 0.29) is 0 Å². The van der Waals surface area contributed by atoms with E-state index in [9.17, 15) is 0 Å². The molecule has 0 aliphatic heterocycles. The molecule has 0 fully saturated rings. The van der Waals surface area contributed by atoms with Gasteiger partial charge in [0.2, 0.25) is 0 Å². The predicted molar refractivity (Wildman–Crippen MR) is 271 cm³/mol. The van der Waals surface area contributed by atoms with Gasteiger partial charge in [-0.1, -0.05) is 115 Å². The molecule has 0 saturated heterocycles. The summed E-state index contributed by atoms with van der Waals surface area (Å²) in [5.74, 6) is 0. The van der Waals surface area contributed by atoms with Crippen molar-refractivity contribution in [2.45, 2.75) is 0 Å². The molecule has 5 aromatic heterocycles. The monoisotopic (exact) mass is 828 g/mol. The van der Waals surface area contributed by atoms with Gasteiger partial charge < -0.3 is 22.7 Å². The van der Waals surface area contributed by atoms with E-state index in [0.29, 0.717) is 0 Å². The zero-order valence-electron chi connectivity index (χ0n) is 35.0. The Kier molecular flexibility index (Phi) is 6.89. The number of nitrogens with zero attached hydrogens (tertiary/aromatic N) is 4. The first kappa shape index (κ1) is 34.7. The number of benzene rings is 10. The molecule has 0 aliphatic carbocycles. The molecule has 0 radical (unpaired) electrons. The standard InChI is InChI=1S/C60H36N4O/c1-7-20-49-40(14-1)41-15-2-8-21-50(41)61(49)37-28-31-55-46(34-37)44-18-5-11-24-53(44)63(55)38-29-32-56-47(35-38)45-19-6-12-25-54(45)64(56)57-26-13-27-59-60(57)48-36-39(30-33-58(48)65-59)62-51-22-9-3-16-42(51)43-17-4-10-23-52(43)62/h1-36H. The van der Waals surface area contributed by atoms with Gasteiger partial charge in [0.25, 0.3) is 0 Å². The minimum absolute atomic E-state index is 0.866. The molecule has 5 nitrogen and oxygen atoms in total. The van der Waals surface area contributed by atoms with Crippen molar-refractivity contribution in [1.82, 2.24) is 18.3 Å². The molecular formula is C60H36N4O. The molecule has 0 N–H and O–H groups in total. The lowest BCUT2D eigenvalue weighted by atomic mass is 10.1. The van der Waals surface area contributed by atoms with Gasteiger partial charge in [0, 0.05) is 65.5 Å². The summed E-state index contributed by atoms with van der Waals surface area (Å²) in [6.07, 6.45) is 0. The molecule has 0 amide bonds. The Bertz CT molecular complexity index is 4380. The maximum absolute atomic E-state index is 6.66. The SMILES string of the molecule is c1cc(-n2c3ccccc3c3cc(-n4c5ccccc5c5cc(-n6c7ccccc7c7ccccc76)ccc54)ccc32)c2c(c1)oc1ccc(-n3c4ccccc4c4ccccc43)cc12. The topological polar surface area (TPSA) is 32.9 Å². The molecule has 15 rings (SSSR count). The Morgan fingerprint density at radius 3 is 1.02 bits per heavy atom. The number of hydrogen-bond acceptors (Lipinski definition) is 1. The van der Waals surface area contributed by atoms with E-state index in [1.165, 1.54) is 76.2 Å². The third kappa shape index (κ3) is 4.71. The normalized spacial score (nSPS) is 12.3. The molecule has 0 atom stereocenters. The summed E-state index contributed by atoms with van der Waals surface area (Å²) in [7, 11) is 0. The van der Waals surface area contributed by atoms with Gasteiger partial charge in [-0.3, -0.25) is 0 Å². The molecule has 302 valence electrons. The van der Waals surface area contributed by atoms with Crippen LogP contribution in [0.3, 0.4) is 0 Å². The van der Waals surface area contributed by atoms with E-state index in [4.69, 9.17) is 4.42 Å². The smallest absolute Gasteiger partial charge is 0.137 e. The lowest BCUT2D eigenvalue weighted by Gasteiger charge is -2.12. The zero-order valence-corrected chi connectivity index (χ0v) is 35.0. The van der Waals surface area contributed by atoms with Crippen molar-refractivity contribution < 1.29 is 4.42 Å². The van der Waals surface area contributed by atoms with Crippen LogP contribution in [0.4, 0.5) is 0 Å². The van der Waals surface area contributed by atoms with Gasteiger partial charge in [-0.15, -0.1) is 0 Å². The lowest BCUT2D eigenvalue weighted by Crippen LogP contribution is -1.97. The second kappa shape index (κ2) is 12.9. The number of hydrogen-bond donors (Lipinski definition) is 0. The van der Waals surface area contributed by atoms with Gasteiger partial charge in [-0.05, 0) is 103 Å². The quantitative estimate of drug-likeness (QED) is 0.174. The van der Waals surface area contributed by atoms with E-state index >= 15 is 0 Å². The summed E-state index contributed by atoms with van der Waals surface area (Å²) in [5.41, 5.74) is 15.6. The number of aromatic nitrogens is 4. The molecule has 0 saturated carbocycles. The van der Waals surface area contributed by atoms with Crippen LogP contribution >= 0.6 is 0 Å². The van der Waals surface area contributed by atoms with Gasteiger partial charge in [-0.25, -0.2) is 0 Å². The van der Waals surface area contributed by atoms with Gasteiger partial charge in [0.15, 0.2) is 0 Å². The van der Waals surface area contributed by atoms with Crippen LogP contribution < -0.4 is 0 Å². The number of furan rings is 1. The minimum atomic E-state index is 0.866. The van der Waals surface area contributed by atoms with Crippen molar-refractivity contribution in [2.75, 3.05) is 0 Å². The third-order valence-corrected chi connectivity index (χ3v) is 13.9. The number of fused-ring (bicyclic) bond motifs is 15. The fourth-order valence-corrected chi connectivity index (χ4v) is 11.3. The van der Waals surface area contributed by atoms with Gasteiger partial charge >= 0.3 is 0 Å². The molecule has 10 aromatic carbocycles. The molecule has 65 heavy (non-hydrogen) atoms. The van der Waals surface area contributed by atoms with Gasteiger partial charge in [0.05, 0.1) is 55.2 Å². The van der Waals surface area contributed by atoms with Crippen molar-refractivity contribution in [3.8, 4) is 22.7 Å². The highest BCUT2D eigenvalue weighted by Crippen LogP contribution is 2.43. The predicted octanol–water partition coefficient (Wildman–Crippen LogP) is 16.0. The maximum atomic E-state index is 6.66. The summed E-state index contributed by atoms with van der Waals surface area (Å²) in [6.45, 7) is 0.